The molecule has 0 bridgehead atoms. The summed E-state index contributed by atoms with van der Waals surface area (Å²) in [6.45, 7) is 4.01. The molecule has 1 aromatic heterocycles. The molecule has 0 radical (unpaired) electrons. The highest BCUT2D eigenvalue weighted by Gasteiger charge is 2.15. The molecule has 0 saturated carbocycles. The second-order valence-electron chi connectivity index (χ2n) is 4.69. The van der Waals surface area contributed by atoms with Crippen LogP contribution in [0.5, 0.6) is 0 Å². The quantitative estimate of drug-likeness (QED) is 0.456. The van der Waals surface area contributed by atoms with Gasteiger partial charge in [-0.3, -0.25) is 4.99 Å². The number of hydrogen-bond donors (Lipinski definition) is 2. The maximum atomic E-state index is 5.71. The Labute approximate surface area is 124 Å². The zero-order valence-electron chi connectivity index (χ0n) is 11.9. The molecule has 0 aliphatic carbocycles. The van der Waals surface area contributed by atoms with Crippen LogP contribution in [0.1, 0.15) is 18.4 Å². The first kappa shape index (κ1) is 15.3. The summed E-state index contributed by atoms with van der Waals surface area (Å²) in [5.74, 6) is 0.834. The van der Waals surface area contributed by atoms with Gasteiger partial charge in [0.2, 0.25) is 0 Å². The van der Waals surface area contributed by atoms with E-state index in [9.17, 15) is 0 Å². The predicted octanol–water partition coefficient (Wildman–Crippen LogP) is 1.61. The molecule has 1 aliphatic heterocycles. The zero-order valence-corrected chi connectivity index (χ0v) is 12.7. The van der Waals surface area contributed by atoms with Crippen molar-refractivity contribution in [3.63, 3.8) is 0 Å². The van der Waals surface area contributed by atoms with Crippen molar-refractivity contribution < 1.29 is 9.47 Å². The monoisotopic (exact) mass is 297 g/mol. The van der Waals surface area contributed by atoms with Gasteiger partial charge in [-0.25, -0.2) is 0 Å². The number of aliphatic imine (C=N–C) groups is 1. The van der Waals surface area contributed by atoms with Crippen LogP contribution in [0.25, 0.3) is 0 Å². The first-order chi connectivity index (χ1) is 9.88. The maximum Gasteiger partial charge on any atom is 0.191 e. The Bertz CT molecular complexity index is 389. The van der Waals surface area contributed by atoms with Gasteiger partial charge in [0.1, 0.15) is 0 Å². The zero-order chi connectivity index (χ0) is 14.0. The normalized spacial score (nSPS) is 19.2. The molecule has 1 unspecified atom stereocenters. The van der Waals surface area contributed by atoms with Crippen LogP contribution in [0.4, 0.5) is 0 Å². The summed E-state index contributed by atoms with van der Waals surface area (Å²) in [7, 11) is 1.79. The fraction of sp³-hybridized carbons (Fsp3) is 0.643. The lowest BCUT2D eigenvalue weighted by Gasteiger charge is -2.12. The van der Waals surface area contributed by atoms with Gasteiger partial charge in [0, 0.05) is 33.4 Å². The van der Waals surface area contributed by atoms with Gasteiger partial charge in [-0.15, -0.1) is 0 Å². The van der Waals surface area contributed by atoms with Crippen molar-refractivity contribution in [2.24, 2.45) is 4.99 Å². The molecule has 5 nitrogen and oxygen atoms in total. The molecular formula is C14H23N3O2S. The second-order valence-corrected chi connectivity index (χ2v) is 5.47. The standard InChI is InChI=1S/C14H23N3O2S/c1-15-14(17-9-12-4-8-20-11-12)16-5-2-6-19-13-3-7-18-10-13/h4,8,11,13H,2-3,5-7,9-10H2,1H3,(H2,15,16,17). The maximum absolute atomic E-state index is 5.71. The summed E-state index contributed by atoms with van der Waals surface area (Å²) < 4.78 is 11.0. The van der Waals surface area contributed by atoms with Gasteiger partial charge in [0.05, 0.1) is 12.7 Å². The molecule has 1 fully saturated rings. The Morgan fingerprint density at radius 3 is 3.20 bits per heavy atom. The van der Waals surface area contributed by atoms with Crippen molar-refractivity contribution in [1.29, 1.82) is 0 Å². The molecule has 2 heterocycles. The van der Waals surface area contributed by atoms with E-state index < -0.39 is 0 Å². The van der Waals surface area contributed by atoms with Crippen LogP contribution < -0.4 is 10.6 Å². The number of rotatable bonds is 7. The van der Waals surface area contributed by atoms with Crippen molar-refractivity contribution in [3.8, 4) is 0 Å². The number of ether oxygens (including phenoxy) is 2. The van der Waals surface area contributed by atoms with E-state index in [1.807, 2.05) is 0 Å². The van der Waals surface area contributed by atoms with Gasteiger partial charge in [-0.05, 0) is 35.2 Å². The molecule has 112 valence electrons. The summed E-state index contributed by atoms with van der Waals surface area (Å²) in [6, 6.07) is 2.11. The summed E-state index contributed by atoms with van der Waals surface area (Å²) in [6.07, 6.45) is 2.29. The van der Waals surface area contributed by atoms with Gasteiger partial charge >= 0.3 is 0 Å². The van der Waals surface area contributed by atoms with E-state index in [-0.39, 0.29) is 0 Å². The highest BCUT2D eigenvalue weighted by molar-refractivity contribution is 7.07. The highest BCUT2D eigenvalue weighted by atomic mass is 32.1. The Morgan fingerprint density at radius 1 is 1.55 bits per heavy atom. The van der Waals surface area contributed by atoms with Crippen LogP contribution in [0, 0.1) is 0 Å². The topological polar surface area (TPSA) is 54.9 Å². The molecule has 0 aromatic carbocycles. The summed E-state index contributed by atoms with van der Waals surface area (Å²) in [4.78, 5) is 4.20. The van der Waals surface area contributed by atoms with Crippen LogP contribution in [0.2, 0.25) is 0 Å². The highest BCUT2D eigenvalue weighted by Crippen LogP contribution is 2.08. The summed E-state index contributed by atoms with van der Waals surface area (Å²) in [5, 5.41) is 10.8. The van der Waals surface area contributed by atoms with E-state index in [1.165, 1.54) is 5.56 Å². The molecule has 1 saturated heterocycles. The fourth-order valence-electron chi connectivity index (χ4n) is 1.97. The third-order valence-corrected chi connectivity index (χ3v) is 3.85. The molecule has 1 aliphatic rings. The lowest BCUT2D eigenvalue weighted by atomic mass is 10.3. The minimum absolute atomic E-state index is 0.297. The van der Waals surface area contributed by atoms with E-state index in [1.54, 1.807) is 18.4 Å². The molecule has 1 atom stereocenters. The van der Waals surface area contributed by atoms with Crippen LogP contribution in [0.15, 0.2) is 21.8 Å². The Balaban J connectivity index is 1.52. The average Bonchev–Trinajstić information content (AvgIpc) is 3.14. The third kappa shape index (κ3) is 5.48. The summed E-state index contributed by atoms with van der Waals surface area (Å²) in [5.41, 5.74) is 1.28. The Kier molecular flexibility index (Phi) is 6.83. The number of nitrogens with zero attached hydrogens (tertiary/aromatic N) is 1. The predicted molar refractivity (Wildman–Crippen MR) is 82.3 cm³/mol. The van der Waals surface area contributed by atoms with Crippen LogP contribution in [-0.2, 0) is 16.0 Å². The Hall–Kier alpha value is -1.11. The van der Waals surface area contributed by atoms with E-state index in [4.69, 9.17) is 9.47 Å². The number of thiophene rings is 1. The van der Waals surface area contributed by atoms with Gasteiger partial charge in [0.25, 0.3) is 0 Å². The number of guanidine groups is 1. The molecule has 2 rings (SSSR count). The first-order valence-electron chi connectivity index (χ1n) is 7.03. The van der Waals surface area contributed by atoms with Crippen molar-refractivity contribution in [2.45, 2.75) is 25.5 Å². The van der Waals surface area contributed by atoms with Gasteiger partial charge in [0.15, 0.2) is 5.96 Å². The third-order valence-electron chi connectivity index (χ3n) is 3.12. The number of hydrogen-bond acceptors (Lipinski definition) is 4. The van der Waals surface area contributed by atoms with Crippen LogP contribution >= 0.6 is 11.3 Å². The lowest BCUT2D eigenvalue weighted by Crippen LogP contribution is -2.37. The van der Waals surface area contributed by atoms with Gasteiger partial charge < -0.3 is 20.1 Å². The average molecular weight is 297 g/mol. The lowest BCUT2D eigenvalue weighted by molar-refractivity contribution is 0.0420. The van der Waals surface area contributed by atoms with Gasteiger partial charge in [-0.2, -0.15) is 11.3 Å². The smallest absolute Gasteiger partial charge is 0.191 e. The van der Waals surface area contributed by atoms with Crippen molar-refractivity contribution in [1.82, 2.24) is 10.6 Å². The first-order valence-corrected chi connectivity index (χ1v) is 7.97. The van der Waals surface area contributed by atoms with Crippen LogP contribution in [0.3, 0.4) is 0 Å². The van der Waals surface area contributed by atoms with Crippen molar-refractivity contribution in [2.75, 3.05) is 33.4 Å². The van der Waals surface area contributed by atoms with Crippen molar-refractivity contribution in [3.05, 3.63) is 22.4 Å². The van der Waals surface area contributed by atoms with Crippen LogP contribution in [-0.4, -0.2) is 45.5 Å². The molecule has 0 spiro atoms. The molecule has 20 heavy (non-hydrogen) atoms. The SMILES string of the molecule is CN=C(NCCCOC1CCOC1)NCc1ccsc1. The molecule has 6 heteroatoms. The van der Waals surface area contributed by atoms with E-state index in [0.29, 0.717) is 6.10 Å². The van der Waals surface area contributed by atoms with Gasteiger partial charge in [-0.1, -0.05) is 0 Å². The second kappa shape index (κ2) is 8.94. The molecule has 2 N–H and O–H groups in total. The minimum Gasteiger partial charge on any atom is -0.379 e. The fourth-order valence-corrected chi connectivity index (χ4v) is 2.64. The van der Waals surface area contributed by atoms with E-state index >= 15 is 0 Å². The van der Waals surface area contributed by atoms with E-state index in [2.05, 4.69) is 32.5 Å². The summed E-state index contributed by atoms with van der Waals surface area (Å²) >= 11 is 1.71. The van der Waals surface area contributed by atoms with Crippen molar-refractivity contribution >= 4 is 17.3 Å². The molecule has 1 aromatic rings. The molecular weight excluding hydrogens is 274 g/mol. The largest absolute Gasteiger partial charge is 0.379 e. The molecule has 0 amide bonds. The Morgan fingerprint density at radius 2 is 2.50 bits per heavy atom. The van der Waals surface area contributed by atoms with E-state index in [0.717, 1.165) is 51.7 Å². The minimum atomic E-state index is 0.297. The number of nitrogens with one attached hydrogen (secondary N) is 2.